The number of rotatable bonds is 6. The summed E-state index contributed by atoms with van der Waals surface area (Å²) in [4.78, 5) is 22.8. The molecule has 0 saturated carbocycles. The zero-order valence-corrected chi connectivity index (χ0v) is 17.0. The minimum Gasteiger partial charge on any atom is -0.369 e. The summed E-state index contributed by atoms with van der Waals surface area (Å²) >= 11 is 0. The Morgan fingerprint density at radius 1 is 1.50 bits per heavy atom. The molecule has 2 aromatic rings. The van der Waals surface area contributed by atoms with Crippen LogP contribution in [0.2, 0.25) is 0 Å². The van der Waals surface area contributed by atoms with E-state index in [-0.39, 0.29) is 40.2 Å². The lowest BCUT2D eigenvalue weighted by molar-refractivity contribution is -0.0296. The largest absolute Gasteiger partial charge is 0.369 e. The first-order valence-electron chi connectivity index (χ1n) is 8.58. The molecule has 8 nitrogen and oxygen atoms in total. The fourth-order valence-electron chi connectivity index (χ4n) is 2.88. The first-order valence-corrected chi connectivity index (χ1v) is 10.9. The third kappa shape index (κ3) is 4.36. The van der Waals surface area contributed by atoms with Crippen LogP contribution in [-0.4, -0.2) is 42.4 Å². The van der Waals surface area contributed by atoms with Crippen molar-refractivity contribution in [2.45, 2.75) is 63.7 Å². The van der Waals surface area contributed by atoms with Crippen molar-refractivity contribution in [3.8, 4) is 0 Å². The molecule has 1 saturated heterocycles. The van der Waals surface area contributed by atoms with Crippen LogP contribution in [0.1, 0.15) is 46.8 Å². The maximum absolute atomic E-state index is 11.9. The Morgan fingerprint density at radius 2 is 2.27 bits per heavy atom. The standard InChI is InChI=1S/C16H25N5O3S2/c1-5-9-10(23-8-25-26-16(2,3)4)6-11(24-9)21-7-18-12-13(21)19-15(17)20-14(12)22/h7,9-11H,5-6,8H2,1-4H3,(H3,17,19,20,22)/t9-,10?,11-/m1/s1. The molecule has 3 rings (SSSR count). The molecule has 2 aromatic heterocycles. The second-order valence-corrected chi connectivity index (χ2v) is 10.3. The van der Waals surface area contributed by atoms with Gasteiger partial charge in [-0.05, 0) is 6.42 Å². The van der Waals surface area contributed by atoms with E-state index in [1.54, 1.807) is 32.5 Å². The Morgan fingerprint density at radius 3 is 2.96 bits per heavy atom. The van der Waals surface area contributed by atoms with E-state index in [0.29, 0.717) is 18.0 Å². The highest BCUT2D eigenvalue weighted by Gasteiger charge is 2.36. The van der Waals surface area contributed by atoms with Gasteiger partial charge in [0.25, 0.3) is 5.56 Å². The highest BCUT2D eigenvalue weighted by Crippen LogP contribution is 2.38. The normalized spacial score (nSPS) is 23.8. The SMILES string of the molecule is CC[C@H]1O[C@@H](n2cnc3c(=O)[nH]c(N)nc32)CC1OCSSC(C)(C)C. The van der Waals surface area contributed by atoms with Gasteiger partial charge >= 0.3 is 0 Å². The molecule has 0 amide bonds. The maximum atomic E-state index is 11.9. The zero-order valence-electron chi connectivity index (χ0n) is 15.4. The smallest absolute Gasteiger partial charge is 0.280 e. The monoisotopic (exact) mass is 399 g/mol. The molecule has 0 spiro atoms. The fourth-order valence-corrected chi connectivity index (χ4v) is 4.88. The Labute approximate surface area is 160 Å². The Kier molecular flexibility index (Phi) is 5.85. The maximum Gasteiger partial charge on any atom is 0.280 e. The van der Waals surface area contributed by atoms with E-state index in [1.807, 2.05) is 0 Å². The van der Waals surface area contributed by atoms with E-state index in [9.17, 15) is 4.79 Å². The van der Waals surface area contributed by atoms with E-state index in [4.69, 9.17) is 15.2 Å². The fraction of sp³-hybridized carbons (Fsp3) is 0.688. The van der Waals surface area contributed by atoms with Gasteiger partial charge in [0.05, 0.1) is 18.5 Å². The van der Waals surface area contributed by atoms with E-state index < -0.39 is 0 Å². The van der Waals surface area contributed by atoms with Crippen LogP contribution in [0, 0.1) is 0 Å². The number of fused-ring (bicyclic) bond motifs is 1. The number of aromatic nitrogens is 4. The number of imidazole rings is 1. The lowest BCUT2D eigenvalue weighted by atomic mass is 10.1. The molecule has 1 unspecified atom stereocenters. The van der Waals surface area contributed by atoms with Crippen LogP contribution < -0.4 is 11.3 Å². The lowest BCUT2D eigenvalue weighted by Crippen LogP contribution is -2.23. The van der Waals surface area contributed by atoms with Crippen LogP contribution in [0.25, 0.3) is 11.2 Å². The number of nitrogens with zero attached hydrogens (tertiary/aromatic N) is 3. The minimum absolute atomic E-state index is 0.00275. The molecule has 0 aliphatic carbocycles. The number of hydrogen-bond acceptors (Lipinski definition) is 8. The Bertz CT molecular complexity index is 816. The van der Waals surface area contributed by atoms with E-state index in [0.717, 1.165) is 6.42 Å². The lowest BCUT2D eigenvalue weighted by Gasteiger charge is -2.19. The van der Waals surface area contributed by atoms with E-state index >= 15 is 0 Å². The molecule has 3 N–H and O–H groups in total. The highest BCUT2D eigenvalue weighted by molar-refractivity contribution is 8.77. The van der Waals surface area contributed by atoms with Gasteiger partial charge in [0.1, 0.15) is 12.2 Å². The zero-order chi connectivity index (χ0) is 18.9. The summed E-state index contributed by atoms with van der Waals surface area (Å²) in [6, 6.07) is 0. The third-order valence-electron chi connectivity index (χ3n) is 3.98. The number of hydrogen-bond donors (Lipinski definition) is 2. The quantitative estimate of drug-likeness (QED) is 0.434. The van der Waals surface area contributed by atoms with Crippen LogP contribution in [-0.2, 0) is 9.47 Å². The molecular formula is C16H25N5O3S2. The van der Waals surface area contributed by atoms with Gasteiger partial charge in [-0.2, -0.15) is 4.98 Å². The molecule has 1 aliphatic heterocycles. The van der Waals surface area contributed by atoms with Crippen LogP contribution in [0.3, 0.4) is 0 Å². The number of nitrogens with two attached hydrogens (primary N) is 1. The van der Waals surface area contributed by atoms with Gasteiger partial charge in [-0.1, -0.05) is 49.3 Å². The van der Waals surface area contributed by atoms with Gasteiger partial charge in [-0.3, -0.25) is 14.3 Å². The van der Waals surface area contributed by atoms with Crippen molar-refractivity contribution in [3.63, 3.8) is 0 Å². The summed E-state index contributed by atoms with van der Waals surface area (Å²) in [5, 5.41) is 0. The van der Waals surface area contributed by atoms with Crippen LogP contribution in [0.5, 0.6) is 0 Å². The Hall–Kier alpha value is -1.23. The second-order valence-electron chi connectivity index (χ2n) is 7.18. The van der Waals surface area contributed by atoms with Crippen molar-refractivity contribution in [1.82, 2.24) is 19.5 Å². The number of nitrogen functional groups attached to an aromatic ring is 1. The van der Waals surface area contributed by atoms with Crippen molar-refractivity contribution in [1.29, 1.82) is 0 Å². The molecule has 0 radical (unpaired) electrons. The summed E-state index contributed by atoms with van der Waals surface area (Å²) in [6.07, 6.45) is 2.83. The predicted molar refractivity (Wildman–Crippen MR) is 106 cm³/mol. The summed E-state index contributed by atoms with van der Waals surface area (Å²) in [5.74, 6) is 0.673. The van der Waals surface area contributed by atoms with Crippen molar-refractivity contribution in [2.75, 3.05) is 11.7 Å². The first-order chi connectivity index (χ1) is 12.3. The average molecular weight is 400 g/mol. The van der Waals surface area contributed by atoms with Gasteiger partial charge < -0.3 is 15.2 Å². The summed E-state index contributed by atoms with van der Waals surface area (Å²) in [6.45, 7) is 8.61. The molecule has 3 atom stereocenters. The number of aromatic amines is 1. The molecule has 10 heteroatoms. The topological polar surface area (TPSA) is 108 Å². The van der Waals surface area contributed by atoms with Crippen molar-refractivity contribution in [3.05, 3.63) is 16.7 Å². The molecule has 1 fully saturated rings. The van der Waals surface area contributed by atoms with Crippen molar-refractivity contribution < 1.29 is 9.47 Å². The predicted octanol–water partition coefficient (Wildman–Crippen LogP) is 2.92. The second kappa shape index (κ2) is 7.79. The van der Waals surface area contributed by atoms with Gasteiger partial charge in [0.15, 0.2) is 11.2 Å². The molecular weight excluding hydrogens is 374 g/mol. The van der Waals surface area contributed by atoms with Gasteiger partial charge in [0.2, 0.25) is 5.95 Å². The van der Waals surface area contributed by atoms with Crippen LogP contribution >= 0.6 is 21.6 Å². The molecule has 26 heavy (non-hydrogen) atoms. The van der Waals surface area contributed by atoms with Crippen LogP contribution in [0.15, 0.2) is 11.1 Å². The van der Waals surface area contributed by atoms with Crippen molar-refractivity contribution >= 4 is 38.7 Å². The number of nitrogens with one attached hydrogen (secondary N) is 1. The van der Waals surface area contributed by atoms with E-state index in [2.05, 4.69) is 42.6 Å². The van der Waals surface area contributed by atoms with Gasteiger partial charge in [-0.25, -0.2) is 4.98 Å². The molecule has 3 heterocycles. The number of ether oxygens (including phenoxy) is 2. The molecule has 0 bridgehead atoms. The minimum atomic E-state index is -0.348. The molecule has 1 aliphatic rings. The van der Waals surface area contributed by atoms with Gasteiger partial charge in [0, 0.05) is 11.2 Å². The van der Waals surface area contributed by atoms with E-state index in [1.165, 1.54) is 0 Å². The molecule has 0 aromatic carbocycles. The summed E-state index contributed by atoms with van der Waals surface area (Å²) < 4.78 is 14.2. The number of H-pyrrole nitrogens is 1. The molecule has 144 valence electrons. The van der Waals surface area contributed by atoms with Gasteiger partial charge in [-0.15, -0.1) is 0 Å². The average Bonchev–Trinajstić information content (AvgIpc) is 3.14. The first kappa shape index (κ1) is 19.5. The summed E-state index contributed by atoms with van der Waals surface area (Å²) in [7, 11) is 3.51. The van der Waals surface area contributed by atoms with Crippen LogP contribution in [0.4, 0.5) is 5.95 Å². The third-order valence-corrected chi connectivity index (χ3v) is 6.98. The van der Waals surface area contributed by atoms with Crippen molar-refractivity contribution in [2.24, 2.45) is 0 Å². The summed E-state index contributed by atoms with van der Waals surface area (Å²) in [5.41, 5.74) is 6.02. The number of anilines is 1. The Balaban J connectivity index is 1.70. The highest BCUT2D eigenvalue weighted by atomic mass is 33.1.